The molecular formula is C19H22N2O3. The van der Waals surface area contributed by atoms with Crippen LogP contribution in [-0.4, -0.2) is 23.2 Å². The Labute approximate surface area is 141 Å². The van der Waals surface area contributed by atoms with Crippen LogP contribution in [0.3, 0.4) is 0 Å². The van der Waals surface area contributed by atoms with Crippen molar-refractivity contribution in [2.45, 2.75) is 26.5 Å². The summed E-state index contributed by atoms with van der Waals surface area (Å²) in [5.74, 6) is 1.40. The van der Waals surface area contributed by atoms with Gasteiger partial charge in [0.2, 0.25) is 0 Å². The van der Waals surface area contributed by atoms with Crippen molar-refractivity contribution < 1.29 is 14.3 Å². The highest BCUT2D eigenvalue weighted by Crippen LogP contribution is 2.33. The maximum atomic E-state index is 9.33. The summed E-state index contributed by atoms with van der Waals surface area (Å²) in [4.78, 5) is 4.09. The predicted molar refractivity (Wildman–Crippen MR) is 92.9 cm³/mol. The molecular weight excluding hydrogens is 304 g/mol. The summed E-state index contributed by atoms with van der Waals surface area (Å²) in [6, 6.07) is 9.73. The number of nitrogens with one attached hydrogen (secondary N) is 1. The molecule has 126 valence electrons. The van der Waals surface area contributed by atoms with Gasteiger partial charge in [-0.2, -0.15) is 0 Å². The van der Waals surface area contributed by atoms with E-state index in [-0.39, 0.29) is 6.61 Å². The van der Waals surface area contributed by atoms with E-state index in [9.17, 15) is 5.11 Å². The van der Waals surface area contributed by atoms with E-state index in [1.165, 1.54) is 5.56 Å². The van der Waals surface area contributed by atoms with Crippen molar-refractivity contribution in [2.24, 2.45) is 0 Å². The minimum Gasteiger partial charge on any atom is -0.493 e. The Bertz CT molecular complexity index is 784. The lowest BCUT2D eigenvalue weighted by Gasteiger charge is -2.08. The van der Waals surface area contributed by atoms with Gasteiger partial charge in [-0.1, -0.05) is 12.1 Å². The Morgan fingerprint density at radius 3 is 2.96 bits per heavy atom. The predicted octanol–water partition coefficient (Wildman–Crippen LogP) is 3.19. The summed E-state index contributed by atoms with van der Waals surface area (Å²) in [7, 11) is 0. The quantitative estimate of drug-likeness (QED) is 0.622. The Morgan fingerprint density at radius 2 is 2.17 bits per heavy atom. The van der Waals surface area contributed by atoms with E-state index in [1.807, 2.05) is 37.4 Å². The van der Waals surface area contributed by atoms with Gasteiger partial charge in [-0.15, -0.1) is 0 Å². The number of benzene rings is 1. The average molecular weight is 326 g/mol. The molecule has 3 aromatic rings. The summed E-state index contributed by atoms with van der Waals surface area (Å²) in [5, 5.41) is 13.7. The van der Waals surface area contributed by atoms with Gasteiger partial charge in [0, 0.05) is 24.5 Å². The summed E-state index contributed by atoms with van der Waals surface area (Å²) in [6.45, 7) is 4.15. The van der Waals surface area contributed by atoms with Gasteiger partial charge in [0.05, 0.1) is 12.0 Å². The smallest absolute Gasteiger partial charge is 0.138 e. The third kappa shape index (κ3) is 3.75. The lowest BCUT2D eigenvalue weighted by molar-refractivity contribution is 0.250. The SMILES string of the molecule is Cc1c(CO)oc2cccc(OCCCNCc3cccnc3)c12. The lowest BCUT2D eigenvalue weighted by atomic mass is 10.1. The third-order valence-corrected chi connectivity index (χ3v) is 3.97. The second kappa shape index (κ2) is 7.95. The monoisotopic (exact) mass is 326 g/mol. The van der Waals surface area contributed by atoms with Gasteiger partial charge in [-0.05, 0) is 43.7 Å². The molecule has 5 heteroatoms. The molecule has 1 aromatic carbocycles. The molecule has 2 heterocycles. The minimum absolute atomic E-state index is 0.0990. The van der Waals surface area contributed by atoms with Crippen LogP contribution in [0, 0.1) is 6.92 Å². The third-order valence-electron chi connectivity index (χ3n) is 3.97. The number of furan rings is 1. The highest BCUT2D eigenvalue weighted by atomic mass is 16.5. The number of hydrogen-bond acceptors (Lipinski definition) is 5. The first-order chi connectivity index (χ1) is 11.8. The molecule has 0 bridgehead atoms. The van der Waals surface area contributed by atoms with Crippen LogP contribution >= 0.6 is 0 Å². The van der Waals surface area contributed by atoms with Gasteiger partial charge >= 0.3 is 0 Å². The van der Waals surface area contributed by atoms with E-state index in [0.717, 1.165) is 41.8 Å². The van der Waals surface area contributed by atoms with Crippen molar-refractivity contribution in [3.63, 3.8) is 0 Å². The number of hydrogen-bond donors (Lipinski definition) is 2. The van der Waals surface area contributed by atoms with Gasteiger partial charge in [-0.25, -0.2) is 0 Å². The maximum absolute atomic E-state index is 9.33. The molecule has 0 amide bonds. The Hall–Kier alpha value is -2.37. The van der Waals surface area contributed by atoms with Crippen LogP contribution in [0.1, 0.15) is 23.3 Å². The second-order valence-electron chi connectivity index (χ2n) is 5.68. The molecule has 2 N–H and O–H groups in total. The zero-order valence-electron chi connectivity index (χ0n) is 13.8. The fourth-order valence-electron chi connectivity index (χ4n) is 2.70. The molecule has 0 aliphatic carbocycles. The fraction of sp³-hybridized carbons (Fsp3) is 0.316. The van der Waals surface area contributed by atoms with Crippen LogP contribution in [0.4, 0.5) is 0 Å². The largest absolute Gasteiger partial charge is 0.493 e. The zero-order valence-corrected chi connectivity index (χ0v) is 13.8. The Balaban J connectivity index is 1.50. The first kappa shape index (κ1) is 16.5. The first-order valence-electron chi connectivity index (χ1n) is 8.14. The van der Waals surface area contributed by atoms with E-state index in [2.05, 4.69) is 16.4 Å². The van der Waals surface area contributed by atoms with Crippen LogP contribution in [0.25, 0.3) is 11.0 Å². The second-order valence-corrected chi connectivity index (χ2v) is 5.68. The number of aliphatic hydroxyl groups is 1. The van der Waals surface area contributed by atoms with Crippen molar-refractivity contribution in [2.75, 3.05) is 13.2 Å². The number of ether oxygens (including phenoxy) is 1. The topological polar surface area (TPSA) is 67.5 Å². The average Bonchev–Trinajstić information content (AvgIpc) is 2.96. The molecule has 0 fully saturated rings. The van der Waals surface area contributed by atoms with Crippen molar-refractivity contribution in [3.8, 4) is 5.75 Å². The van der Waals surface area contributed by atoms with E-state index >= 15 is 0 Å². The molecule has 0 atom stereocenters. The standard InChI is InChI=1S/C19H22N2O3/c1-14-18(13-22)24-17-7-2-6-16(19(14)17)23-10-4-9-21-12-15-5-3-8-20-11-15/h2-3,5-8,11,21-22H,4,9-10,12-13H2,1H3. The molecule has 0 aliphatic rings. The maximum Gasteiger partial charge on any atom is 0.138 e. The number of nitrogens with zero attached hydrogens (tertiary/aromatic N) is 1. The van der Waals surface area contributed by atoms with Crippen LogP contribution in [-0.2, 0) is 13.2 Å². The van der Waals surface area contributed by atoms with Crippen molar-refractivity contribution in [1.82, 2.24) is 10.3 Å². The van der Waals surface area contributed by atoms with Gasteiger partial charge in [0.1, 0.15) is 23.7 Å². The van der Waals surface area contributed by atoms with Crippen LogP contribution in [0.5, 0.6) is 5.75 Å². The highest BCUT2D eigenvalue weighted by molar-refractivity contribution is 5.88. The number of aromatic nitrogens is 1. The summed E-state index contributed by atoms with van der Waals surface area (Å²) in [5.41, 5.74) is 2.87. The summed E-state index contributed by atoms with van der Waals surface area (Å²) in [6.07, 6.45) is 4.54. The molecule has 0 saturated carbocycles. The first-order valence-corrected chi connectivity index (χ1v) is 8.14. The molecule has 0 radical (unpaired) electrons. The molecule has 0 aliphatic heterocycles. The molecule has 0 unspecified atom stereocenters. The van der Waals surface area contributed by atoms with E-state index < -0.39 is 0 Å². The van der Waals surface area contributed by atoms with Crippen molar-refractivity contribution in [1.29, 1.82) is 0 Å². The zero-order chi connectivity index (χ0) is 16.8. The van der Waals surface area contributed by atoms with Gasteiger partial charge < -0.3 is 19.6 Å². The van der Waals surface area contributed by atoms with E-state index in [0.29, 0.717) is 12.4 Å². The van der Waals surface area contributed by atoms with Gasteiger partial charge in [0.25, 0.3) is 0 Å². The minimum atomic E-state index is -0.0990. The number of rotatable bonds is 8. The van der Waals surface area contributed by atoms with Gasteiger partial charge in [-0.3, -0.25) is 4.98 Å². The Morgan fingerprint density at radius 1 is 1.25 bits per heavy atom. The number of pyridine rings is 1. The molecule has 0 saturated heterocycles. The van der Waals surface area contributed by atoms with Crippen LogP contribution in [0.15, 0.2) is 47.1 Å². The van der Waals surface area contributed by atoms with E-state index in [1.54, 1.807) is 6.20 Å². The van der Waals surface area contributed by atoms with E-state index in [4.69, 9.17) is 9.15 Å². The lowest BCUT2D eigenvalue weighted by Crippen LogP contribution is -2.17. The van der Waals surface area contributed by atoms with Crippen molar-refractivity contribution in [3.05, 3.63) is 59.6 Å². The van der Waals surface area contributed by atoms with Crippen molar-refractivity contribution >= 4 is 11.0 Å². The number of aliphatic hydroxyl groups excluding tert-OH is 1. The number of aryl methyl sites for hydroxylation is 1. The highest BCUT2D eigenvalue weighted by Gasteiger charge is 2.13. The molecule has 24 heavy (non-hydrogen) atoms. The molecule has 5 nitrogen and oxygen atoms in total. The summed E-state index contributed by atoms with van der Waals surface area (Å²) >= 11 is 0. The van der Waals surface area contributed by atoms with Gasteiger partial charge in [0.15, 0.2) is 0 Å². The summed E-state index contributed by atoms with van der Waals surface area (Å²) < 4.78 is 11.6. The fourth-order valence-corrected chi connectivity index (χ4v) is 2.70. The molecule has 0 spiro atoms. The Kier molecular flexibility index (Phi) is 5.46. The van der Waals surface area contributed by atoms with Crippen LogP contribution < -0.4 is 10.1 Å². The normalized spacial score (nSPS) is 11.1. The van der Waals surface area contributed by atoms with Crippen LogP contribution in [0.2, 0.25) is 0 Å². The molecule has 3 rings (SSSR count). The molecule has 2 aromatic heterocycles. The number of fused-ring (bicyclic) bond motifs is 1.